The summed E-state index contributed by atoms with van der Waals surface area (Å²) in [6.45, 7) is 1.64. The second-order valence-electron chi connectivity index (χ2n) is 14.1. The topological polar surface area (TPSA) is 157 Å². The number of benzene rings is 1. The Morgan fingerprint density at radius 3 is 2.30 bits per heavy atom. The molecule has 5 amide bonds. The molecule has 50 heavy (non-hydrogen) atoms. The van der Waals surface area contributed by atoms with Crippen molar-refractivity contribution in [2.75, 3.05) is 6.54 Å². The molecule has 1 aromatic carbocycles. The Bertz CT molecular complexity index is 1330. The predicted octanol–water partition coefficient (Wildman–Crippen LogP) is 5.65. The van der Waals surface area contributed by atoms with E-state index in [4.69, 9.17) is 9.84 Å². The fourth-order valence-electron chi connectivity index (χ4n) is 6.97. The van der Waals surface area contributed by atoms with Crippen LogP contribution in [0, 0.1) is 5.92 Å². The number of fused-ring (bicyclic) bond motifs is 3. The number of rotatable bonds is 5. The number of hydrogen-bond donors (Lipinski definition) is 4. The quantitative estimate of drug-likeness (QED) is 0.173. The van der Waals surface area contributed by atoms with E-state index in [1.807, 2.05) is 24.3 Å². The summed E-state index contributed by atoms with van der Waals surface area (Å²) < 4.78 is 8.10. The molecule has 3 saturated carbocycles. The van der Waals surface area contributed by atoms with E-state index in [0.29, 0.717) is 38.4 Å². The number of carbonyl (C=O) groups excluding carboxylic acids is 4. The first-order valence-electron chi connectivity index (χ1n) is 18.5. The van der Waals surface area contributed by atoms with E-state index < -0.39 is 24.3 Å². The summed E-state index contributed by atoms with van der Waals surface area (Å²) in [6, 6.07) is 6.94. The number of nitrogens with zero attached hydrogens (tertiary/aromatic N) is 2. The third kappa shape index (κ3) is 11.7. The monoisotopic (exact) mass is 711 g/mol. The molecular formula is C37H53N5O7S. The highest BCUT2D eigenvalue weighted by Gasteiger charge is 2.41. The Balaban J connectivity index is 0.000000206. The Morgan fingerprint density at radius 2 is 1.62 bits per heavy atom. The average Bonchev–Trinajstić information content (AvgIpc) is 3.98. The van der Waals surface area contributed by atoms with Crippen LogP contribution >= 0.6 is 11.9 Å². The molecule has 0 aromatic heterocycles. The van der Waals surface area contributed by atoms with Crippen LogP contribution in [-0.2, 0) is 32.2 Å². The zero-order chi connectivity index (χ0) is 35.3. The molecule has 0 radical (unpaired) electrons. The molecule has 7 rings (SSSR count). The van der Waals surface area contributed by atoms with Crippen molar-refractivity contribution < 1.29 is 33.8 Å². The lowest BCUT2D eigenvalue weighted by Crippen LogP contribution is -2.57. The number of ether oxygens (including phenoxy) is 1. The van der Waals surface area contributed by atoms with E-state index in [0.717, 1.165) is 93.4 Å². The number of carboxylic acid groups (broad SMARTS) is 1. The van der Waals surface area contributed by atoms with Crippen LogP contribution in [0.3, 0.4) is 0 Å². The third-order valence-electron chi connectivity index (χ3n) is 10.1. The van der Waals surface area contributed by atoms with E-state index in [1.54, 1.807) is 4.90 Å². The largest absolute Gasteiger partial charge is 0.465 e. The molecule has 1 saturated heterocycles. The van der Waals surface area contributed by atoms with Gasteiger partial charge in [0.25, 0.3) is 0 Å². The van der Waals surface area contributed by atoms with E-state index in [-0.39, 0.29) is 24.0 Å². The fraction of sp³-hybridized carbons (Fsp3) is 0.649. The number of alkyl carbamates (subject to hydrolysis) is 1. The summed E-state index contributed by atoms with van der Waals surface area (Å²) in [6.07, 6.45) is 18.4. The first kappa shape index (κ1) is 37.5. The smallest absolute Gasteiger partial charge is 0.408 e. The Kier molecular flexibility index (Phi) is 14.3. The molecule has 0 bridgehead atoms. The molecular weight excluding hydrogens is 659 g/mol. The zero-order valence-electron chi connectivity index (χ0n) is 28.9. The summed E-state index contributed by atoms with van der Waals surface area (Å²) in [5.74, 6) is 0.251. The van der Waals surface area contributed by atoms with Gasteiger partial charge in [0.2, 0.25) is 18.2 Å². The number of carbonyl (C=O) groups is 5. The van der Waals surface area contributed by atoms with Crippen molar-refractivity contribution in [2.45, 2.75) is 139 Å². The molecule has 4 N–H and O–H groups in total. The molecule has 0 spiro atoms. The van der Waals surface area contributed by atoms with E-state index in [1.165, 1.54) is 29.7 Å². The second kappa shape index (κ2) is 19.0. The molecule has 6 aliphatic rings. The van der Waals surface area contributed by atoms with Crippen LogP contribution in [-0.4, -0.2) is 81.3 Å². The van der Waals surface area contributed by atoms with Gasteiger partial charge >= 0.3 is 12.2 Å². The number of amides is 5. The van der Waals surface area contributed by atoms with Crippen molar-refractivity contribution >= 4 is 42.4 Å². The summed E-state index contributed by atoms with van der Waals surface area (Å²) in [5, 5.41) is 15.4. The molecule has 4 atom stereocenters. The number of piperidine rings is 1. The van der Waals surface area contributed by atoms with Crippen molar-refractivity contribution in [2.24, 2.45) is 5.92 Å². The maximum Gasteiger partial charge on any atom is 0.408 e. The second-order valence-corrected chi connectivity index (χ2v) is 15.2. The first-order chi connectivity index (χ1) is 24.3. The lowest BCUT2D eigenvalue weighted by Gasteiger charge is -2.37. The molecule has 3 heterocycles. The van der Waals surface area contributed by atoms with Crippen molar-refractivity contribution in [1.82, 2.24) is 25.2 Å². The van der Waals surface area contributed by atoms with Crippen molar-refractivity contribution in [3.8, 4) is 0 Å². The SMILES string of the molecule is O=C(N[C@H]1CCCCC/C=C\[C@@H]2CC2NC(=O)C2CCCCN2C1=O)OC1CCCC1.O=C(O)N1Cc2ccccc2C1.O=CNSC1CC1. The Hall–Kier alpha value is -3.74. The van der Waals surface area contributed by atoms with Gasteiger partial charge in [0.15, 0.2) is 0 Å². The van der Waals surface area contributed by atoms with Crippen LogP contribution in [0.4, 0.5) is 9.59 Å². The maximum atomic E-state index is 13.5. The van der Waals surface area contributed by atoms with Gasteiger partial charge in [-0.15, -0.1) is 0 Å². The van der Waals surface area contributed by atoms with Crippen LogP contribution < -0.4 is 15.4 Å². The van der Waals surface area contributed by atoms with Crippen LogP contribution in [0.25, 0.3) is 0 Å². The Morgan fingerprint density at radius 1 is 0.920 bits per heavy atom. The summed E-state index contributed by atoms with van der Waals surface area (Å²) >= 11 is 1.52. The standard InChI is InChI=1S/C24H37N3O4.C9H9NO2.C4H7NOS/c28-22-21-14-8-9-15-27(21)23(29)19(26-24(30)31-18-11-6-7-12-18)13-5-3-1-2-4-10-17-16-20(17)25-22;11-9(12)10-5-7-3-1-2-4-8(7)6-10;6-3-5-7-4-1-2-4/h4,10,17-21H,1-3,5-9,11-16H2,(H,25,28)(H,26,30);1-4H,5-6H2,(H,11,12);3-4H,1-2H2,(H,5,6)/b10-4-;;/t17-,19+,20?,21?;;/m1../s1. The highest BCUT2D eigenvalue weighted by atomic mass is 32.2. The van der Waals surface area contributed by atoms with E-state index >= 15 is 0 Å². The predicted molar refractivity (Wildman–Crippen MR) is 191 cm³/mol. The maximum absolute atomic E-state index is 13.5. The van der Waals surface area contributed by atoms with Gasteiger partial charge < -0.3 is 30.1 Å². The normalized spacial score (nSPS) is 27.1. The number of hydrogen-bond acceptors (Lipinski definition) is 7. The molecule has 13 heteroatoms. The van der Waals surface area contributed by atoms with Gasteiger partial charge in [0.1, 0.15) is 18.2 Å². The van der Waals surface area contributed by atoms with Crippen LogP contribution in [0.15, 0.2) is 36.4 Å². The number of allylic oxidation sites excluding steroid dienone is 1. The van der Waals surface area contributed by atoms with E-state index in [9.17, 15) is 24.0 Å². The van der Waals surface area contributed by atoms with E-state index in [2.05, 4.69) is 27.5 Å². The van der Waals surface area contributed by atoms with Gasteiger partial charge in [-0.3, -0.25) is 19.3 Å². The van der Waals surface area contributed by atoms with Crippen LogP contribution in [0.1, 0.15) is 107 Å². The summed E-state index contributed by atoms with van der Waals surface area (Å²) in [5.41, 5.74) is 2.25. The number of nitrogens with one attached hydrogen (secondary N) is 3. The van der Waals surface area contributed by atoms with Gasteiger partial charge in [-0.1, -0.05) is 49.3 Å². The Labute approximate surface area is 299 Å². The lowest BCUT2D eigenvalue weighted by molar-refractivity contribution is -0.144. The van der Waals surface area contributed by atoms with Crippen molar-refractivity contribution in [3.63, 3.8) is 0 Å². The molecule has 4 fully saturated rings. The molecule has 274 valence electrons. The first-order valence-corrected chi connectivity index (χ1v) is 19.3. The molecule has 3 aliphatic carbocycles. The van der Waals surface area contributed by atoms with Crippen molar-refractivity contribution in [3.05, 3.63) is 47.5 Å². The van der Waals surface area contributed by atoms with Crippen LogP contribution in [0.2, 0.25) is 0 Å². The van der Waals surface area contributed by atoms with Gasteiger partial charge in [-0.05, 0) is 112 Å². The van der Waals surface area contributed by atoms with Crippen molar-refractivity contribution in [1.29, 1.82) is 0 Å². The minimum Gasteiger partial charge on any atom is -0.465 e. The summed E-state index contributed by atoms with van der Waals surface area (Å²) in [7, 11) is 0. The third-order valence-corrected chi connectivity index (χ3v) is 11.1. The van der Waals surface area contributed by atoms with Gasteiger partial charge in [0, 0.05) is 30.9 Å². The highest BCUT2D eigenvalue weighted by molar-refractivity contribution is 7.98. The van der Waals surface area contributed by atoms with Gasteiger partial charge in [-0.2, -0.15) is 0 Å². The molecule has 2 unspecified atom stereocenters. The van der Waals surface area contributed by atoms with Crippen LogP contribution in [0.5, 0.6) is 0 Å². The lowest BCUT2D eigenvalue weighted by atomic mass is 9.98. The molecule has 3 aliphatic heterocycles. The van der Waals surface area contributed by atoms with Gasteiger partial charge in [0.05, 0.1) is 0 Å². The van der Waals surface area contributed by atoms with Gasteiger partial charge in [-0.25, -0.2) is 9.59 Å². The minimum atomic E-state index is -0.841. The highest BCUT2D eigenvalue weighted by Crippen LogP contribution is 2.33. The fourth-order valence-corrected chi connectivity index (χ4v) is 7.59. The summed E-state index contributed by atoms with van der Waals surface area (Å²) in [4.78, 5) is 62.3. The average molecular weight is 712 g/mol. The molecule has 12 nitrogen and oxygen atoms in total. The molecule has 1 aromatic rings. The minimum absolute atomic E-state index is 0.0378. The zero-order valence-corrected chi connectivity index (χ0v) is 29.7.